The third kappa shape index (κ3) is 4.60. The molecule has 0 aliphatic carbocycles. The third-order valence-electron chi connectivity index (χ3n) is 4.54. The number of hydrogen-bond donors (Lipinski definition) is 3. The maximum Gasteiger partial charge on any atom is 0.251 e. The molecular weight excluding hydrogens is 358 g/mol. The van der Waals surface area contributed by atoms with Crippen LogP contribution in [0.5, 0.6) is 0 Å². The minimum absolute atomic E-state index is 0.0856. The minimum Gasteiger partial charge on any atom is -0.377 e. The lowest BCUT2D eigenvalue weighted by atomic mass is 10.1. The van der Waals surface area contributed by atoms with E-state index in [2.05, 4.69) is 15.4 Å². The molecule has 26 heavy (non-hydrogen) atoms. The summed E-state index contributed by atoms with van der Waals surface area (Å²) in [5.74, 6) is -0.592. The van der Waals surface area contributed by atoms with Crippen molar-refractivity contribution in [3.05, 3.63) is 29.8 Å². The fourth-order valence-corrected chi connectivity index (χ4v) is 4.09. The molecule has 2 fully saturated rings. The average Bonchev–Trinajstić information content (AvgIpc) is 3.16. The second-order valence-corrected chi connectivity index (χ2v) is 8.24. The van der Waals surface area contributed by atoms with Gasteiger partial charge in [-0.25, -0.2) is 13.1 Å². The lowest BCUT2D eigenvalue weighted by Gasteiger charge is -2.22. The van der Waals surface area contributed by atoms with Crippen LogP contribution in [0.25, 0.3) is 0 Å². The van der Waals surface area contributed by atoms with Crippen molar-refractivity contribution >= 4 is 21.8 Å². The Morgan fingerprint density at radius 2 is 1.96 bits per heavy atom. The fourth-order valence-electron chi connectivity index (χ4n) is 3.03. The molecule has 0 radical (unpaired) electrons. The van der Waals surface area contributed by atoms with Crippen molar-refractivity contribution in [3.63, 3.8) is 0 Å². The first kappa shape index (κ1) is 18.8. The molecule has 3 N–H and O–H groups in total. The summed E-state index contributed by atoms with van der Waals surface area (Å²) in [5, 5.41) is 5.38. The van der Waals surface area contributed by atoms with Crippen molar-refractivity contribution in [2.24, 2.45) is 0 Å². The van der Waals surface area contributed by atoms with Crippen molar-refractivity contribution in [1.29, 1.82) is 0 Å². The number of carbonyl (C=O) groups is 2. The molecule has 1 aromatic rings. The van der Waals surface area contributed by atoms with Crippen molar-refractivity contribution < 1.29 is 22.7 Å². The molecule has 2 unspecified atom stereocenters. The molecule has 0 spiro atoms. The van der Waals surface area contributed by atoms with E-state index in [1.165, 1.54) is 24.3 Å². The Morgan fingerprint density at radius 3 is 2.62 bits per heavy atom. The molecule has 9 heteroatoms. The van der Waals surface area contributed by atoms with E-state index >= 15 is 0 Å². The predicted molar refractivity (Wildman–Crippen MR) is 94.1 cm³/mol. The molecule has 2 atom stereocenters. The van der Waals surface area contributed by atoms with Crippen molar-refractivity contribution in [3.8, 4) is 0 Å². The van der Waals surface area contributed by atoms with Gasteiger partial charge in [-0.05, 0) is 49.9 Å². The number of rotatable bonds is 6. The van der Waals surface area contributed by atoms with E-state index < -0.39 is 22.0 Å². The average molecular weight is 381 g/mol. The van der Waals surface area contributed by atoms with Gasteiger partial charge in [0.2, 0.25) is 15.9 Å². The van der Waals surface area contributed by atoms with Crippen LogP contribution in [-0.2, 0) is 19.6 Å². The Kier molecular flexibility index (Phi) is 5.90. The molecule has 0 aromatic heterocycles. The van der Waals surface area contributed by atoms with E-state index in [1.54, 1.807) is 0 Å². The first-order valence-electron chi connectivity index (χ1n) is 8.75. The number of hydrogen-bond acceptors (Lipinski definition) is 5. The van der Waals surface area contributed by atoms with Crippen LogP contribution >= 0.6 is 0 Å². The van der Waals surface area contributed by atoms with Crippen LogP contribution in [0, 0.1) is 0 Å². The van der Waals surface area contributed by atoms with Crippen LogP contribution in [0.3, 0.4) is 0 Å². The van der Waals surface area contributed by atoms with E-state index in [4.69, 9.17) is 4.74 Å². The summed E-state index contributed by atoms with van der Waals surface area (Å²) in [5.41, 5.74) is 0.307. The number of benzene rings is 1. The van der Waals surface area contributed by atoms with E-state index in [-0.39, 0.29) is 23.5 Å². The second kappa shape index (κ2) is 8.15. The van der Waals surface area contributed by atoms with Crippen molar-refractivity contribution in [1.82, 2.24) is 15.4 Å². The first-order chi connectivity index (χ1) is 12.5. The summed E-state index contributed by atoms with van der Waals surface area (Å²) in [6.45, 7) is 1.52. The number of nitrogens with one attached hydrogen (secondary N) is 3. The van der Waals surface area contributed by atoms with Gasteiger partial charge < -0.3 is 15.4 Å². The highest BCUT2D eigenvalue weighted by atomic mass is 32.2. The van der Waals surface area contributed by atoms with Crippen LogP contribution in [0.2, 0.25) is 0 Å². The Bertz CT molecular complexity index is 757. The zero-order chi connectivity index (χ0) is 18.6. The van der Waals surface area contributed by atoms with Gasteiger partial charge in [-0.15, -0.1) is 0 Å². The largest absolute Gasteiger partial charge is 0.377 e. The minimum atomic E-state index is -3.65. The molecule has 0 bridgehead atoms. The highest BCUT2D eigenvalue weighted by molar-refractivity contribution is 7.89. The molecule has 2 amide bonds. The number of carbonyl (C=O) groups excluding carboxylic acids is 2. The maximum atomic E-state index is 12.3. The van der Waals surface area contributed by atoms with Crippen LogP contribution in [0.15, 0.2) is 29.2 Å². The monoisotopic (exact) mass is 381 g/mol. The first-order valence-corrected chi connectivity index (χ1v) is 10.2. The number of piperidine rings is 1. The Morgan fingerprint density at radius 1 is 1.19 bits per heavy atom. The summed E-state index contributed by atoms with van der Waals surface area (Å²) < 4.78 is 32.6. The lowest BCUT2D eigenvalue weighted by Crippen LogP contribution is -2.50. The van der Waals surface area contributed by atoms with Gasteiger partial charge in [0.25, 0.3) is 5.91 Å². The van der Waals surface area contributed by atoms with Crippen LogP contribution in [0.1, 0.15) is 36.0 Å². The zero-order valence-electron chi connectivity index (χ0n) is 14.4. The molecule has 2 heterocycles. The Labute approximate surface area is 152 Å². The summed E-state index contributed by atoms with van der Waals surface area (Å²) in [4.78, 5) is 24.0. The fraction of sp³-hybridized carbons (Fsp3) is 0.529. The van der Waals surface area contributed by atoms with Gasteiger partial charge in [0.15, 0.2) is 0 Å². The number of sulfonamides is 1. The van der Waals surface area contributed by atoms with Crippen molar-refractivity contribution in [2.45, 2.75) is 42.7 Å². The number of amides is 2. The van der Waals surface area contributed by atoms with Gasteiger partial charge in [0, 0.05) is 25.3 Å². The molecule has 1 aromatic carbocycles. The van der Waals surface area contributed by atoms with Crippen molar-refractivity contribution in [2.75, 3.05) is 19.7 Å². The smallest absolute Gasteiger partial charge is 0.251 e. The molecule has 2 aliphatic heterocycles. The van der Waals surface area contributed by atoms with Crippen LogP contribution < -0.4 is 15.4 Å². The molecule has 142 valence electrons. The SMILES string of the molecule is O=C(NC1CCCNC1=O)c1ccc(S(=O)(=O)NCC2CCCO2)cc1. The standard InChI is InChI=1S/C17H23N3O5S/c21-16(20-15-4-1-9-18-17(15)22)12-5-7-14(8-6-12)26(23,24)19-11-13-3-2-10-25-13/h5-8,13,15,19H,1-4,9-11H2,(H,18,22)(H,20,21). The molecule has 2 saturated heterocycles. The quantitative estimate of drug-likeness (QED) is 0.649. The summed E-state index contributed by atoms with van der Waals surface area (Å²) in [6.07, 6.45) is 3.10. The topological polar surface area (TPSA) is 114 Å². The zero-order valence-corrected chi connectivity index (χ0v) is 15.2. The van der Waals surface area contributed by atoms with Gasteiger partial charge >= 0.3 is 0 Å². The van der Waals surface area contributed by atoms with Gasteiger partial charge in [-0.1, -0.05) is 0 Å². The maximum absolute atomic E-state index is 12.3. The highest BCUT2D eigenvalue weighted by Gasteiger charge is 2.24. The van der Waals surface area contributed by atoms with Crippen LogP contribution in [-0.4, -0.2) is 52.1 Å². The third-order valence-corrected chi connectivity index (χ3v) is 5.98. The number of ether oxygens (including phenoxy) is 1. The molecule has 2 aliphatic rings. The van der Waals surface area contributed by atoms with E-state index in [0.717, 1.165) is 19.3 Å². The molecule has 0 saturated carbocycles. The predicted octanol–water partition coefficient (Wildman–Crippen LogP) is 0.152. The summed E-state index contributed by atoms with van der Waals surface area (Å²) in [6, 6.07) is 5.10. The van der Waals surface area contributed by atoms with E-state index in [0.29, 0.717) is 25.1 Å². The Balaban J connectivity index is 1.59. The normalized spacial score (nSPS) is 23.5. The van der Waals surface area contributed by atoms with E-state index in [1.807, 2.05) is 0 Å². The molecule has 8 nitrogen and oxygen atoms in total. The second-order valence-electron chi connectivity index (χ2n) is 6.47. The van der Waals surface area contributed by atoms with Gasteiger partial charge in [0.05, 0.1) is 11.0 Å². The lowest BCUT2D eigenvalue weighted by molar-refractivity contribution is -0.124. The van der Waals surface area contributed by atoms with Gasteiger partial charge in [-0.2, -0.15) is 0 Å². The summed E-state index contributed by atoms with van der Waals surface area (Å²) in [7, 11) is -3.65. The van der Waals surface area contributed by atoms with E-state index in [9.17, 15) is 18.0 Å². The van der Waals surface area contributed by atoms with Gasteiger partial charge in [0.1, 0.15) is 6.04 Å². The van der Waals surface area contributed by atoms with Crippen LogP contribution in [0.4, 0.5) is 0 Å². The molecule has 3 rings (SSSR count). The highest BCUT2D eigenvalue weighted by Crippen LogP contribution is 2.14. The Hall–Kier alpha value is -1.97. The van der Waals surface area contributed by atoms with Gasteiger partial charge in [-0.3, -0.25) is 9.59 Å². The summed E-state index contributed by atoms with van der Waals surface area (Å²) >= 11 is 0. The molecular formula is C17H23N3O5S.